The second-order valence-electron chi connectivity index (χ2n) is 4.45. The van der Waals surface area contributed by atoms with Crippen LogP contribution in [0, 0.1) is 0 Å². The van der Waals surface area contributed by atoms with Crippen molar-refractivity contribution >= 4 is 5.91 Å². The number of nitrogens with two attached hydrogens (primary N) is 1. The number of hydrogen-bond donors (Lipinski definition) is 2. The lowest BCUT2D eigenvalue weighted by Crippen LogP contribution is -2.56. The van der Waals surface area contributed by atoms with Crippen LogP contribution in [-0.2, 0) is 11.2 Å². The van der Waals surface area contributed by atoms with Crippen molar-refractivity contribution in [3.8, 4) is 0 Å². The molecule has 1 aliphatic rings. The predicted octanol–water partition coefficient (Wildman–Crippen LogP) is -0.0118. The van der Waals surface area contributed by atoms with Gasteiger partial charge in [-0.15, -0.1) is 0 Å². The number of rotatable bonds is 4. The summed E-state index contributed by atoms with van der Waals surface area (Å²) in [5, 5.41) is 3.13. The van der Waals surface area contributed by atoms with Crippen LogP contribution in [-0.4, -0.2) is 43.0 Å². The molecule has 1 saturated heterocycles. The Morgan fingerprint density at radius 1 is 1.41 bits per heavy atom. The first-order valence-electron chi connectivity index (χ1n) is 6.04. The maximum atomic E-state index is 11.1. The Bertz CT molecular complexity index is 366. The van der Waals surface area contributed by atoms with Crippen LogP contribution >= 0.6 is 0 Å². The van der Waals surface area contributed by atoms with Crippen molar-refractivity contribution in [3.63, 3.8) is 0 Å². The summed E-state index contributed by atoms with van der Waals surface area (Å²) >= 11 is 0. The molecule has 1 fully saturated rings. The van der Waals surface area contributed by atoms with Crippen LogP contribution in [0.1, 0.15) is 5.56 Å². The molecule has 1 aliphatic heterocycles. The maximum absolute atomic E-state index is 11.1. The van der Waals surface area contributed by atoms with Crippen LogP contribution in [0.25, 0.3) is 0 Å². The molecule has 1 heterocycles. The highest BCUT2D eigenvalue weighted by atomic mass is 16.1. The van der Waals surface area contributed by atoms with E-state index < -0.39 is 0 Å². The average molecular weight is 233 g/mol. The minimum Gasteiger partial charge on any atom is -0.368 e. The summed E-state index contributed by atoms with van der Waals surface area (Å²) in [5.74, 6) is -0.255. The number of amides is 1. The van der Waals surface area contributed by atoms with E-state index in [0.717, 1.165) is 32.6 Å². The second kappa shape index (κ2) is 5.80. The monoisotopic (exact) mass is 233 g/mol. The molecule has 0 bridgehead atoms. The lowest BCUT2D eigenvalue weighted by atomic mass is 10.1. The van der Waals surface area contributed by atoms with Gasteiger partial charge in [-0.3, -0.25) is 9.69 Å². The summed E-state index contributed by atoms with van der Waals surface area (Å²) in [4.78, 5) is 13.4. The molecular weight excluding hydrogens is 214 g/mol. The van der Waals surface area contributed by atoms with Gasteiger partial charge in [0.05, 0.1) is 6.04 Å². The van der Waals surface area contributed by atoms with E-state index in [4.69, 9.17) is 5.73 Å². The van der Waals surface area contributed by atoms with Gasteiger partial charge in [0.15, 0.2) is 0 Å². The zero-order valence-electron chi connectivity index (χ0n) is 9.93. The normalized spacial score (nSPS) is 21.3. The Hall–Kier alpha value is -1.39. The molecular formula is C13H19N3O. The third-order valence-corrected chi connectivity index (χ3v) is 3.16. The van der Waals surface area contributed by atoms with Gasteiger partial charge in [-0.1, -0.05) is 30.3 Å². The Labute approximate surface area is 102 Å². The summed E-state index contributed by atoms with van der Waals surface area (Å²) in [5.41, 5.74) is 6.64. The fraction of sp³-hybridized carbons (Fsp3) is 0.462. The molecule has 4 heteroatoms. The number of hydrogen-bond acceptors (Lipinski definition) is 3. The number of nitrogens with zero attached hydrogens (tertiary/aromatic N) is 1. The number of carbonyl (C=O) groups excluding carboxylic acids is 1. The third-order valence-electron chi connectivity index (χ3n) is 3.16. The molecule has 0 aromatic heterocycles. The van der Waals surface area contributed by atoms with E-state index in [0.29, 0.717) is 0 Å². The largest absolute Gasteiger partial charge is 0.368 e. The summed E-state index contributed by atoms with van der Waals surface area (Å²) in [6.07, 6.45) is 1.02. The fourth-order valence-corrected chi connectivity index (χ4v) is 2.14. The van der Waals surface area contributed by atoms with E-state index in [1.165, 1.54) is 5.56 Å². The molecule has 17 heavy (non-hydrogen) atoms. The molecule has 0 saturated carbocycles. The van der Waals surface area contributed by atoms with Gasteiger partial charge in [-0.05, 0) is 12.0 Å². The van der Waals surface area contributed by atoms with E-state index in [2.05, 4.69) is 34.5 Å². The van der Waals surface area contributed by atoms with Gasteiger partial charge in [0.25, 0.3) is 0 Å². The molecule has 92 valence electrons. The minimum atomic E-state index is -0.255. The topological polar surface area (TPSA) is 58.4 Å². The third kappa shape index (κ3) is 3.54. The van der Waals surface area contributed by atoms with Gasteiger partial charge in [0, 0.05) is 26.2 Å². The fourth-order valence-electron chi connectivity index (χ4n) is 2.14. The first-order chi connectivity index (χ1) is 8.25. The summed E-state index contributed by atoms with van der Waals surface area (Å²) in [6, 6.07) is 10.2. The molecule has 0 aliphatic carbocycles. The minimum absolute atomic E-state index is 0.195. The van der Waals surface area contributed by atoms with Crippen LogP contribution in [0.15, 0.2) is 30.3 Å². The highest BCUT2D eigenvalue weighted by Crippen LogP contribution is 2.04. The Morgan fingerprint density at radius 2 is 2.18 bits per heavy atom. The van der Waals surface area contributed by atoms with Crippen molar-refractivity contribution in [2.45, 2.75) is 12.5 Å². The zero-order valence-corrected chi connectivity index (χ0v) is 9.93. The van der Waals surface area contributed by atoms with Gasteiger partial charge in [-0.2, -0.15) is 0 Å². The van der Waals surface area contributed by atoms with Crippen molar-refractivity contribution < 1.29 is 4.79 Å². The molecule has 1 aromatic carbocycles. The Morgan fingerprint density at radius 3 is 2.88 bits per heavy atom. The van der Waals surface area contributed by atoms with Crippen LogP contribution in [0.5, 0.6) is 0 Å². The smallest absolute Gasteiger partial charge is 0.235 e. The summed E-state index contributed by atoms with van der Waals surface area (Å²) in [6.45, 7) is 3.52. The SMILES string of the molecule is NC(=O)[C@H]1CN(CCc2ccccc2)CCN1. The Balaban J connectivity index is 1.81. The van der Waals surface area contributed by atoms with Crippen molar-refractivity contribution in [2.75, 3.05) is 26.2 Å². The first-order valence-corrected chi connectivity index (χ1v) is 6.04. The molecule has 0 spiro atoms. The van der Waals surface area contributed by atoms with E-state index in [9.17, 15) is 4.79 Å². The zero-order chi connectivity index (χ0) is 12.1. The Kier molecular flexibility index (Phi) is 4.12. The van der Waals surface area contributed by atoms with Crippen molar-refractivity contribution in [3.05, 3.63) is 35.9 Å². The molecule has 1 amide bonds. The van der Waals surface area contributed by atoms with Crippen molar-refractivity contribution in [1.82, 2.24) is 10.2 Å². The predicted molar refractivity (Wildman–Crippen MR) is 67.6 cm³/mol. The summed E-state index contributed by atoms with van der Waals surface area (Å²) in [7, 11) is 0. The number of piperazine rings is 1. The molecule has 2 rings (SSSR count). The summed E-state index contributed by atoms with van der Waals surface area (Å²) < 4.78 is 0. The van der Waals surface area contributed by atoms with Crippen molar-refractivity contribution in [2.24, 2.45) is 5.73 Å². The van der Waals surface area contributed by atoms with Crippen LogP contribution in [0.3, 0.4) is 0 Å². The van der Waals surface area contributed by atoms with E-state index >= 15 is 0 Å². The highest BCUT2D eigenvalue weighted by molar-refractivity contribution is 5.80. The number of benzene rings is 1. The standard InChI is InChI=1S/C13H19N3O/c14-13(17)12-10-16(9-7-15-12)8-6-11-4-2-1-3-5-11/h1-5,12,15H,6-10H2,(H2,14,17)/t12-/m1/s1. The van der Waals surface area contributed by atoms with Crippen LogP contribution < -0.4 is 11.1 Å². The highest BCUT2D eigenvalue weighted by Gasteiger charge is 2.22. The second-order valence-corrected chi connectivity index (χ2v) is 4.45. The molecule has 1 atom stereocenters. The van der Waals surface area contributed by atoms with E-state index in [-0.39, 0.29) is 11.9 Å². The molecule has 4 nitrogen and oxygen atoms in total. The lowest BCUT2D eigenvalue weighted by Gasteiger charge is -2.32. The molecule has 0 radical (unpaired) electrons. The van der Waals surface area contributed by atoms with Gasteiger partial charge >= 0.3 is 0 Å². The van der Waals surface area contributed by atoms with E-state index in [1.54, 1.807) is 0 Å². The van der Waals surface area contributed by atoms with Gasteiger partial charge in [0.2, 0.25) is 5.91 Å². The van der Waals surface area contributed by atoms with Crippen LogP contribution in [0.2, 0.25) is 0 Å². The first kappa shape index (κ1) is 12.1. The maximum Gasteiger partial charge on any atom is 0.235 e. The number of primary amides is 1. The average Bonchev–Trinajstić information content (AvgIpc) is 2.38. The van der Waals surface area contributed by atoms with E-state index in [1.807, 2.05) is 6.07 Å². The van der Waals surface area contributed by atoms with Gasteiger partial charge in [-0.25, -0.2) is 0 Å². The molecule has 3 N–H and O–H groups in total. The van der Waals surface area contributed by atoms with Crippen LogP contribution in [0.4, 0.5) is 0 Å². The lowest BCUT2D eigenvalue weighted by molar-refractivity contribution is -0.121. The van der Waals surface area contributed by atoms with Gasteiger partial charge < -0.3 is 11.1 Å². The number of carbonyl (C=O) groups is 1. The quantitative estimate of drug-likeness (QED) is 0.769. The molecule has 1 aromatic rings. The van der Waals surface area contributed by atoms with Gasteiger partial charge in [0.1, 0.15) is 0 Å². The number of nitrogens with one attached hydrogen (secondary N) is 1. The molecule has 0 unspecified atom stereocenters. The van der Waals surface area contributed by atoms with Crippen molar-refractivity contribution in [1.29, 1.82) is 0 Å².